The van der Waals surface area contributed by atoms with Crippen LogP contribution in [0, 0.1) is 6.92 Å². The molecular formula is C18H17ClN2O2S. The van der Waals surface area contributed by atoms with E-state index in [1.807, 2.05) is 39.0 Å². The maximum absolute atomic E-state index is 12.5. The zero-order valence-corrected chi connectivity index (χ0v) is 15.1. The highest BCUT2D eigenvalue weighted by Gasteiger charge is 2.19. The first-order valence-corrected chi connectivity index (χ1v) is 8.75. The number of anilines is 1. The Bertz CT molecular complexity index is 934. The number of thiazole rings is 1. The Labute approximate surface area is 149 Å². The quantitative estimate of drug-likeness (QED) is 0.662. The fraction of sp³-hybridized carbons (Fsp3) is 0.222. The Morgan fingerprint density at radius 1 is 1.29 bits per heavy atom. The van der Waals surface area contributed by atoms with Crippen molar-refractivity contribution in [3.8, 4) is 5.75 Å². The minimum atomic E-state index is -0.423. The molecule has 6 heteroatoms. The third kappa shape index (κ3) is 3.23. The van der Waals surface area contributed by atoms with Crippen molar-refractivity contribution in [2.75, 3.05) is 5.32 Å². The zero-order chi connectivity index (χ0) is 17.4. The lowest BCUT2D eigenvalue weighted by molar-refractivity contribution is 0.102. The number of nitrogens with one attached hydrogen (secondary N) is 1. The summed E-state index contributed by atoms with van der Waals surface area (Å²) >= 11 is 7.49. The van der Waals surface area contributed by atoms with Crippen molar-refractivity contribution in [2.45, 2.75) is 26.7 Å². The molecule has 4 nitrogen and oxygen atoms in total. The van der Waals surface area contributed by atoms with Crippen molar-refractivity contribution >= 4 is 44.2 Å². The first-order valence-electron chi connectivity index (χ1n) is 7.56. The predicted octanol–water partition coefficient (Wildman–Crippen LogP) is 5.34. The molecule has 124 valence electrons. The van der Waals surface area contributed by atoms with Gasteiger partial charge in [-0.15, -0.1) is 0 Å². The molecule has 1 heterocycles. The maximum Gasteiger partial charge on any atom is 0.261 e. The van der Waals surface area contributed by atoms with Gasteiger partial charge in [-0.2, -0.15) is 0 Å². The molecule has 24 heavy (non-hydrogen) atoms. The van der Waals surface area contributed by atoms with Gasteiger partial charge in [-0.1, -0.05) is 42.9 Å². The molecule has 0 radical (unpaired) electrons. The number of hydrogen-bond donors (Lipinski definition) is 2. The van der Waals surface area contributed by atoms with E-state index in [0.29, 0.717) is 15.7 Å². The van der Waals surface area contributed by atoms with Crippen molar-refractivity contribution in [3.05, 3.63) is 52.0 Å². The largest absolute Gasteiger partial charge is 0.507 e. The molecule has 0 unspecified atom stereocenters. The highest BCUT2D eigenvalue weighted by Crippen LogP contribution is 2.33. The van der Waals surface area contributed by atoms with E-state index >= 15 is 0 Å². The Morgan fingerprint density at radius 2 is 2.04 bits per heavy atom. The summed E-state index contributed by atoms with van der Waals surface area (Å²) in [7, 11) is 0. The second-order valence-corrected chi connectivity index (χ2v) is 7.46. The van der Waals surface area contributed by atoms with Crippen LogP contribution in [0.5, 0.6) is 5.75 Å². The number of fused-ring (bicyclic) bond motifs is 1. The molecule has 2 aromatic carbocycles. The highest BCUT2D eigenvalue weighted by molar-refractivity contribution is 7.22. The van der Waals surface area contributed by atoms with E-state index in [4.69, 9.17) is 11.6 Å². The monoisotopic (exact) mass is 360 g/mol. The van der Waals surface area contributed by atoms with Gasteiger partial charge in [-0.05, 0) is 48.2 Å². The molecule has 0 fully saturated rings. The SMILES string of the molecule is Cc1ccc2nc(NC(=O)c3cc(Cl)cc(C(C)C)c3O)sc2c1. The number of carbonyl (C=O) groups is 1. The molecule has 0 aliphatic carbocycles. The number of hydrogen-bond acceptors (Lipinski definition) is 4. The Hall–Kier alpha value is -2.11. The lowest BCUT2D eigenvalue weighted by Gasteiger charge is -2.12. The molecule has 0 bridgehead atoms. The summed E-state index contributed by atoms with van der Waals surface area (Å²) in [6.07, 6.45) is 0. The topological polar surface area (TPSA) is 62.2 Å². The second-order valence-electron chi connectivity index (χ2n) is 5.99. The summed E-state index contributed by atoms with van der Waals surface area (Å²) in [6, 6.07) is 9.07. The van der Waals surface area contributed by atoms with E-state index in [-0.39, 0.29) is 17.2 Å². The number of carbonyl (C=O) groups excluding carboxylic acids is 1. The smallest absolute Gasteiger partial charge is 0.261 e. The summed E-state index contributed by atoms with van der Waals surface area (Å²) in [5, 5.41) is 14.0. The van der Waals surface area contributed by atoms with Gasteiger partial charge >= 0.3 is 0 Å². The predicted molar refractivity (Wildman–Crippen MR) is 99.5 cm³/mol. The van der Waals surface area contributed by atoms with Gasteiger partial charge in [0.25, 0.3) is 5.91 Å². The first kappa shape index (κ1) is 16.7. The van der Waals surface area contributed by atoms with Crippen molar-refractivity contribution in [1.82, 2.24) is 4.98 Å². The van der Waals surface area contributed by atoms with Gasteiger partial charge in [0.2, 0.25) is 0 Å². The van der Waals surface area contributed by atoms with Crippen LogP contribution >= 0.6 is 22.9 Å². The van der Waals surface area contributed by atoms with Crippen LogP contribution in [0.3, 0.4) is 0 Å². The summed E-state index contributed by atoms with van der Waals surface area (Å²) in [6.45, 7) is 5.88. The second kappa shape index (κ2) is 6.42. The molecule has 3 aromatic rings. The lowest BCUT2D eigenvalue weighted by atomic mass is 9.99. The number of benzene rings is 2. The number of phenols is 1. The van der Waals surface area contributed by atoms with E-state index in [0.717, 1.165) is 15.8 Å². The van der Waals surface area contributed by atoms with Crippen molar-refractivity contribution in [3.63, 3.8) is 0 Å². The van der Waals surface area contributed by atoms with Gasteiger partial charge in [0.15, 0.2) is 5.13 Å². The number of nitrogens with zero attached hydrogens (tertiary/aromatic N) is 1. The zero-order valence-electron chi connectivity index (χ0n) is 13.6. The average molecular weight is 361 g/mol. The van der Waals surface area contributed by atoms with Crippen LogP contribution in [0.4, 0.5) is 5.13 Å². The fourth-order valence-electron chi connectivity index (χ4n) is 2.48. The molecular weight excluding hydrogens is 344 g/mol. The Morgan fingerprint density at radius 3 is 2.75 bits per heavy atom. The van der Waals surface area contributed by atoms with Crippen LogP contribution in [0.2, 0.25) is 5.02 Å². The molecule has 0 saturated carbocycles. The van der Waals surface area contributed by atoms with Crippen molar-refractivity contribution < 1.29 is 9.90 Å². The number of phenolic OH excluding ortho intramolecular Hbond substituents is 1. The normalized spacial score (nSPS) is 11.2. The minimum absolute atomic E-state index is 0.0381. The van der Waals surface area contributed by atoms with E-state index in [9.17, 15) is 9.90 Å². The summed E-state index contributed by atoms with van der Waals surface area (Å²) < 4.78 is 1.00. The van der Waals surface area contributed by atoms with Gasteiger partial charge < -0.3 is 5.11 Å². The molecule has 2 N–H and O–H groups in total. The van der Waals surface area contributed by atoms with Gasteiger partial charge in [0.1, 0.15) is 5.75 Å². The van der Waals surface area contributed by atoms with Crippen molar-refractivity contribution in [2.24, 2.45) is 0 Å². The molecule has 1 aromatic heterocycles. The highest BCUT2D eigenvalue weighted by atomic mass is 35.5. The summed E-state index contributed by atoms with van der Waals surface area (Å²) in [4.78, 5) is 16.9. The third-order valence-corrected chi connectivity index (χ3v) is 4.89. The average Bonchev–Trinajstić information content (AvgIpc) is 2.90. The molecule has 0 spiro atoms. The van der Waals surface area contributed by atoms with Crippen LogP contribution in [0.15, 0.2) is 30.3 Å². The number of aryl methyl sites for hydroxylation is 1. The summed E-state index contributed by atoms with van der Waals surface area (Å²) in [5.74, 6) is -0.405. The standard InChI is InChI=1S/C18H17ClN2O2S/c1-9(2)12-7-11(19)8-13(16(12)22)17(23)21-18-20-14-5-4-10(3)6-15(14)24-18/h4-9,22H,1-3H3,(H,20,21,23). The van der Waals surface area contributed by atoms with Crippen molar-refractivity contribution in [1.29, 1.82) is 0 Å². The van der Waals surface area contributed by atoms with E-state index in [1.54, 1.807) is 6.07 Å². The molecule has 0 atom stereocenters. The maximum atomic E-state index is 12.5. The molecule has 0 saturated heterocycles. The van der Waals surface area contributed by atoms with Gasteiger partial charge in [0.05, 0.1) is 15.8 Å². The minimum Gasteiger partial charge on any atom is -0.507 e. The van der Waals surface area contributed by atoms with Crippen LogP contribution in [-0.4, -0.2) is 16.0 Å². The van der Waals surface area contributed by atoms with E-state index < -0.39 is 5.91 Å². The van der Waals surface area contributed by atoms with Crippen LogP contribution in [0.25, 0.3) is 10.2 Å². The summed E-state index contributed by atoms with van der Waals surface area (Å²) in [5.41, 5.74) is 2.77. The number of halogens is 1. The number of rotatable bonds is 3. The molecule has 0 aliphatic rings. The van der Waals surface area contributed by atoms with Gasteiger partial charge in [-0.25, -0.2) is 4.98 Å². The van der Waals surface area contributed by atoms with Gasteiger partial charge in [0, 0.05) is 5.02 Å². The van der Waals surface area contributed by atoms with Crippen LogP contribution < -0.4 is 5.32 Å². The van der Waals surface area contributed by atoms with Crippen LogP contribution in [0.1, 0.15) is 41.3 Å². The Kier molecular flexibility index (Phi) is 4.47. The number of aromatic hydroxyl groups is 1. The molecule has 0 aliphatic heterocycles. The van der Waals surface area contributed by atoms with Crippen LogP contribution in [-0.2, 0) is 0 Å². The first-order chi connectivity index (χ1) is 11.3. The fourth-order valence-corrected chi connectivity index (χ4v) is 3.67. The lowest BCUT2D eigenvalue weighted by Crippen LogP contribution is -2.12. The number of amides is 1. The molecule has 1 amide bonds. The third-order valence-electron chi connectivity index (χ3n) is 3.74. The number of aromatic nitrogens is 1. The van der Waals surface area contributed by atoms with E-state index in [1.165, 1.54) is 17.4 Å². The van der Waals surface area contributed by atoms with E-state index in [2.05, 4.69) is 10.3 Å². The Balaban J connectivity index is 1.94. The van der Waals surface area contributed by atoms with Gasteiger partial charge in [-0.3, -0.25) is 10.1 Å². The molecule has 3 rings (SSSR count).